The summed E-state index contributed by atoms with van der Waals surface area (Å²) in [4.78, 5) is 0. The molecule has 1 nitrogen and oxygen atoms in total. The van der Waals surface area contributed by atoms with Gasteiger partial charge in [-0.25, -0.2) is 4.39 Å². The molecular formula is C12H16FN. The van der Waals surface area contributed by atoms with E-state index in [-0.39, 0.29) is 5.82 Å². The summed E-state index contributed by atoms with van der Waals surface area (Å²) in [6.45, 7) is 4.11. The molecule has 76 valence electrons. The van der Waals surface area contributed by atoms with Crippen molar-refractivity contribution >= 4 is 6.08 Å². The third-order valence-corrected chi connectivity index (χ3v) is 2.36. The van der Waals surface area contributed by atoms with E-state index >= 15 is 0 Å². The molecule has 0 aliphatic heterocycles. The lowest BCUT2D eigenvalue weighted by Crippen LogP contribution is -2.21. The summed E-state index contributed by atoms with van der Waals surface area (Å²) in [6.07, 6.45) is 1.99. The molecule has 0 radical (unpaired) electrons. The number of likely N-dealkylation sites (N-methyl/N-ethyl adjacent to an activating group) is 1. The molecule has 0 saturated heterocycles. The van der Waals surface area contributed by atoms with E-state index in [4.69, 9.17) is 0 Å². The Hall–Kier alpha value is -1.15. The molecule has 0 heterocycles. The first-order chi connectivity index (χ1) is 6.63. The third-order valence-electron chi connectivity index (χ3n) is 2.36. The van der Waals surface area contributed by atoms with Gasteiger partial charge in [-0.2, -0.15) is 0 Å². The fraction of sp³-hybridized carbons (Fsp3) is 0.333. The normalized spacial score (nSPS) is 14.1. The van der Waals surface area contributed by atoms with Crippen molar-refractivity contribution < 1.29 is 4.39 Å². The number of halogens is 1. The number of rotatable bonds is 3. The molecule has 1 atom stereocenters. The Morgan fingerprint density at radius 2 is 2.21 bits per heavy atom. The van der Waals surface area contributed by atoms with Crippen LogP contribution in [0.15, 0.2) is 29.8 Å². The average Bonchev–Trinajstić information content (AvgIpc) is 2.16. The Labute approximate surface area is 84.6 Å². The zero-order valence-electron chi connectivity index (χ0n) is 8.84. The van der Waals surface area contributed by atoms with Crippen LogP contribution in [0.4, 0.5) is 4.39 Å². The van der Waals surface area contributed by atoms with Crippen molar-refractivity contribution in [3.05, 3.63) is 41.2 Å². The first-order valence-electron chi connectivity index (χ1n) is 4.74. The van der Waals surface area contributed by atoms with E-state index in [0.717, 1.165) is 5.56 Å². The largest absolute Gasteiger partial charge is 0.314 e. The predicted molar refractivity (Wildman–Crippen MR) is 58.6 cm³/mol. The van der Waals surface area contributed by atoms with Gasteiger partial charge in [-0.3, -0.25) is 0 Å². The highest BCUT2D eigenvalue weighted by atomic mass is 19.1. The molecule has 1 unspecified atom stereocenters. The summed E-state index contributed by atoms with van der Waals surface area (Å²) in [5.74, 6) is -0.191. The molecule has 0 amide bonds. The van der Waals surface area contributed by atoms with Gasteiger partial charge in [-0.05, 0) is 38.6 Å². The molecule has 0 spiro atoms. The molecule has 0 saturated carbocycles. The van der Waals surface area contributed by atoms with Gasteiger partial charge in [0.25, 0.3) is 0 Å². The van der Waals surface area contributed by atoms with Crippen LogP contribution in [0.5, 0.6) is 0 Å². The average molecular weight is 193 g/mol. The lowest BCUT2D eigenvalue weighted by molar-refractivity contribution is 0.627. The van der Waals surface area contributed by atoms with Gasteiger partial charge in [0.15, 0.2) is 0 Å². The van der Waals surface area contributed by atoms with Gasteiger partial charge in [0.1, 0.15) is 5.82 Å². The first kappa shape index (κ1) is 10.9. The summed E-state index contributed by atoms with van der Waals surface area (Å²) in [5, 5.41) is 3.14. The van der Waals surface area contributed by atoms with Crippen molar-refractivity contribution in [3.8, 4) is 0 Å². The second-order valence-electron chi connectivity index (χ2n) is 3.45. The van der Waals surface area contributed by atoms with Crippen molar-refractivity contribution in [2.75, 3.05) is 7.05 Å². The van der Waals surface area contributed by atoms with Crippen LogP contribution in [0, 0.1) is 5.82 Å². The molecule has 14 heavy (non-hydrogen) atoms. The van der Waals surface area contributed by atoms with Gasteiger partial charge in [-0.15, -0.1) is 0 Å². The summed E-state index contributed by atoms with van der Waals surface area (Å²) in [5.41, 5.74) is 2.10. The molecule has 2 heteroatoms. The van der Waals surface area contributed by atoms with Crippen LogP contribution >= 0.6 is 0 Å². The zero-order chi connectivity index (χ0) is 10.6. The molecule has 1 N–H and O–H groups in total. The lowest BCUT2D eigenvalue weighted by Gasteiger charge is -2.10. The second-order valence-corrected chi connectivity index (χ2v) is 3.45. The fourth-order valence-corrected chi connectivity index (χ4v) is 1.21. The monoisotopic (exact) mass is 193 g/mol. The molecule has 0 aliphatic carbocycles. The van der Waals surface area contributed by atoms with E-state index in [2.05, 4.69) is 12.2 Å². The van der Waals surface area contributed by atoms with Gasteiger partial charge in [0, 0.05) is 6.04 Å². The maximum atomic E-state index is 12.9. The lowest BCUT2D eigenvalue weighted by atomic mass is 10.1. The Kier molecular flexibility index (Phi) is 3.84. The van der Waals surface area contributed by atoms with Gasteiger partial charge >= 0.3 is 0 Å². The Morgan fingerprint density at radius 1 is 1.50 bits per heavy atom. The van der Waals surface area contributed by atoms with Gasteiger partial charge < -0.3 is 5.32 Å². The van der Waals surface area contributed by atoms with Gasteiger partial charge in [-0.1, -0.05) is 23.8 Å². The summed E-state index contributed by atoms with van der Waals surface area (Å²) >= 11 is 0. The van der Waals surface area contributed by atoms with E-state index in [1.807, 2.05) is 26.1 Å². The summed E-state index contributed by atoms with van der Waals surface area (Å²) < 4.78 is 12.9. The SMILES string of the molecule is CNC(C)/C(C)=C/c1cccc(F)c1. The fourth-order valence-electron chi connectivity index (χ4n) is 1.21. The maximum Gasteiger partial charge on any atom is 0.123 e. The molecular weight excluding hydrogens is 177 g/mol. The standard InChI is InChI=1S/C12H16FN/c1-9(10(2)14-3)7-11-5-4-6-12(13)8-11/h4-8,10,14H,1-3H3/b9-7+. The number of benzene rings is 1. The van der Waals surface area contributed by atoms with Crippen molar-refractivity contribution in [1.82, 2.24) is 5.32 Å². The minimum absolute atomic E-state index is 0.191. The smallest absolute Gasteiger partial charge is 0.123 e. The molecule has 1 aromatic carbocycles. The predicted octanol–water partition coefficient (Wildman–Crippen LogP) is 2.84. The molecule has 1 aromatic rings. The van der Waals surface area contributed by atoms with E-state index in [1.54, 1.807) is 6.07 Å². The van der Waals surface area contributed by atoms with Crippen LogP contribution in [0.1, 0.15) is 19.4 Å². The van der Waals surface area contributed by atoms with Crippen molar-refractivity contribution in [1.29, 1.82) is 0 Å². The van der Waals surface area contributed by atoms with Crippen LogP contribution in [-0.2, 0) is 0 Å². The Morgan fingerprint density at radius 3 is 2.79 bits per heavy atom. The van der Waals surface area contributed by atoms with E-state index < -0.39 is 0 Å². The van der Waals surface area contributed by atoms with Crippen LogP contribution in [0.3, 0.4) is 0 Å². The van der Waals surface area contributed by atoms with Crippen LogP contribution in [0.2, 0.25) is 0 Å². The summed E-state index contributed by atoms with van der Waals surface area (Å²) in [6, 6.07) is 6.92. The van der Waals surface area contributed by atoms with Crippen LogP contribution in [-0.4, -0.2) is 13.1 Å². The van der Waals surface area contributed by atoms with Crippen LogP contribution in [0.25, 0.3) is 6.08 Å². The quantitative estimate of drug-likeness (QED) is 0.778. The van der Waals surface area contributed by atoms with Crippen molar-refractivity contribution in [2.24, 2.45) is 0 Å². The molecule has 0 bridgehead atoms. The molecule has 0 fully saturated rings. The number of hydrogen-bond donors (Lipinski definition) is 1. The van der Waals surface area contributed by atoms with E-state index in [0.29, 0.717) is 6.04 Å². The molecule has 1 rings (SSSR count). The Balaban J connectivity index is 2.86. The van der Waals surface area contributed by atoms with Crippen LogP contribution < -0.4 is 5.32 Å². The van der Waals surface area contributed by atoms with Gasteiger partial charge in [0.05, 0.1) is 0 Å². The molecule has 0 aromatic heterocycles. The highest BCUT2D eigenvalue weighted by Gasteiger charge is 2.00. The minimum atomic E-state index is -0.191. The highest BCUT2D eigenvalue weighted by molar-refractivity contribution is 5.53. The van der Waals surface area contributed by atoms with E-state index in [1.165, 1.54) is 17.7 Å². The first-order valence-corrected chi connectivity index (χ1v) is 4.74. The van der Waals surface area contributed by atoms with Crippen molar-refractivity contribution in [3.63, 3.8) is 0 Å². The maximum absolute atomic E-state index is 12.9. The van der Waals surface area contributed by atoms with E-state index in [9.17, 15) is 4.39 Å². The molecule has 0 aliphatic rings. The Bertz CT molecular complexity index is 331. The number of hydrogen-bond acceptors (Lipinski definition) is 1. The minimum Gasteiger partial charge on any atom is -0.314 e. The second kappa shape index (κ2) is 4.91. The number of nitrogens with one attached hydrogen (secondary N) is 1. The van der Waals surface area contributed by atoms with Crippen molar-refractivity contribution in [2.45, 2.75) is 19.9 Å². The summed E-state index contributed by atoms with van der Waals surface area (Å²) in [7, 11) is 1.91. The van der Waals surface area contributed by atoms with Gasteiger partial charge in [0.2, 0.25) is 0 Å². The zero-order valence-corrected chi connectivity index (χ0v) is 8.84. The third kappa shape index (κ3) is 2.96. The topological polar surface area (TPSA) is 12.0 Å². The highest BCUT2D eigenvalue weighted by Crippen LogP contribution is 2.10.